The second-order valence-electron chi connectivity index (χ2n) is 6.82. The first-order valence-electron chi connectivity index (χ1n) is 8.77. The van der Waals surface area contributed by atoms with Crippen molar-refractivity contribution in [2.24, 2.45) is 5.92 Å². The van der Waals surface area contributed by atoms with Gasteiger partial charge in [0.25, 0.3) is 11.8 Å². The molecular formula is C20H22ClN3O2. The molecule has 1 aliphatic heterocycles. The van der Waals surface area contributed by atoms with E-state index in [1.807, 2.05) is 17.9 Å². The van der Waals surface area contributed by atoms with E-state index in [9.17, 15) is 9.59 Å². The number of hydrogen-bond acceptors (Lipinski definition) is 3. The summed E-state index contributed by atoms with van der Waals surface area (Å²) >= 11 is 6.09. The minimum atomic E-state index is -0.369. The van der Waals surface area contributed by atoms with Crippen LogP contribution >= 0.6 is 11.6 Å². The highest BCUT2D eigenvalue weighted by Crippen LogP contribution is 2.21. The Morgan fingerprint density at radius 3 is 2.62 bits per heavy atom. The molecule has 1 aromatic heterocycles. The number of rotatable bonds is 3. The largest absolute Gasteiger partial charge is 0.339 e. The van der Waals surface area contributed by atoms with Crippen molar-refractivity contribution in [3.8, 4) is 0 Å². The lowest BCUT2D eigenvalue weighted by Gasteiger charge is -2.30. The van der Waals surface area contributed by atoms with Gasteiger partial charge in [-0.2, -0.15) is 0 Å². The molecule has 0 unspecified atom stereocenters. The fourth-order valence-electron chi connectivity index (χ4n) is 2.95. The van der Waals surface area contributed by atoms with Crippen LogP contribution < -0.4 is 5.32 Å². The number of carbonyl (C=O) groups is 2. The SMILES string of the molecule is Cc1ccc(NC(=O)c2cc(C(=O)N3CCC(C)CC3)ccn2)cc1Cl. The predicted octanol–water partition coefficient (Wildman–Crippen LogP) is 4.17. The number of amides is 2. The molecular weight excluding hydrogens is 350 g/mol. The minimum absolute atomic E-state index is 0.0493. The Labute approximate surface area is 158 Å². The first-order chi connectivity index (χ1) is 12.4. The van der Waals surface area contributed by atoms with Gasteiger partial charge in [0.2, 0.25) is 0 Å². The lowest BCUT2D eigenvalue weighted by Crippen LogP contribution is -2.38. The standard InChI is InChI=1S/C20H22ClN3O2/c1-13-6-9-24(10-7-13)20(26)15-5-8-22-18(11-15)19(25)23-16-4-3-14(2)17(21)12-16/h3-5,8,11-13H,6-7,9-10H2,1-2H3,(H,23,25). The molecule has 1 aliphatic rings. The molecule has 26 heavy (non-hydrogen) atoms. The first kappa shape index (κ1) is 18.4. The Morgan fingerprint density at radius 1 is 1.19 bits per heavy atom. The van der Waals surface area contributed by atoms with Crippen molar-refractivity contribution in [2.75, 3.05) is 18.4 Å². The maximum Gasteiger partial charge on any atom is 0.274 e. The number of piperidine rings is 1. The van der Waals surface area contributed by atoms with Gasteiger partial charge >= 0.3 is 0 Å². The Bertz CT molecular complexity index is 830. The van der Waals surface area contributed by atoms with E-state index in [4.69, 9.17) is 11.6 Å². The van der Waals surface area contributed by atoms with Crippen molar-refractivity contribution in [3.05, 3.63) is 58.4 Å². The molecule has 3 rings (SSSR count). The zero-order valence-electron chi connectivity index (χ0n) is 15.0. The number of benzene rings is 1. The second kappa shape index (κ2) is 7.87. The van der Waals surface area contributed by atoms with E-state index < -0.39 is 0 Å². The van der Waals surface area contributed by atoms with Gasteiger partial charge < -0.3 is 10.2 Å². The molecule has 0 atom stereocenters. The molecule has 2 aromatic rings. The van der Waals surface area contributed by atoms with Crippen LogP contribution in [0.3, 0.4) is 0 Å². The summed E-state index contributed by atoms with van der Waals surface area (Å²) in [5.74, 6) is 0.234. The van der Waals surface area contributed by atoms with E-state index in [1.54, 1.807) is 24.3 Å². The van der Waals surface area contributed by atoms with Gasteiger partial charge in [-0.25, -0.2) is 0 Å². The number of pyridine rings is 1. The highest BCUT2D eigenvalue weighted by molar-refractivity contribution is 6.31. The molecule has 136 valence electrons. The van der Waals surface area contributed by atoms with Crippen LogP contribution in [0.4, 0.5) is 5.69 Å². The number of nitrogens with zero attached hydrogens (tertiary/aromatic N) is 2. The average Bonchev–Trinajstić information content (AvgIpc) is 2.65. The molecule has 1 fully saturated rings. The fraction of sp³-hybridized carbons (Fsp3) is 0.350. The summed E-state index contributed by atoms with van der Waals surface area (Å²) in [4.78, 5) is 31.1. The van der Waals surface area contributed by atoms with Crippen LogP contribution in [-0.2, 0) is 0 Å². The van der Waals surface area contributed by atoms with E-state index in [0.29, 0.717) is 22.2 Å². The Morgan fingerprint density at radius 2 is 1.92 bits per heavy atom. The third-order valence-electron chi connectivity index (χ3n) is 4.74. The molecule has 0 radical (unpaired) electrons. The molecule has 1 saturated heterocycles. The zero-order valence-corrected chi connectivity index (χ0v) is 15.7. The monoisotopic (exact) mass is 371 g/mol. The van der Waals surface area contributed by atoms with Gasteiger partial charge in [0.05, 0.1) is 0 Å². The lowest BCUT2D eigenvalue weighted by molar-refractivity contribution is 0.0697. The lowest BCUT2D eigenvalue weighted by atomic mass is 9.98. The Kier molecular flexibility index (Phi) is 5.57. The number of aryl methyl sites for hydroxylation is 1. The third kappa shape index (κ3) is 4.22. The number of halogens is 1. The Balaban J connectivity index is 1.72. The van der Waals surface area contributed by atoms with Gasteiger partial charge in [-0.1, -0.05) is 24.6 Å². The molecule has 1 aromatic carbocycles. The molecule has 0 bridgehead atoms. The summed E-state index contributed by atoms with van der Waals surface area (Å²) in [7, 11) is 0. The molecule has 0 saturated carbocycles. The number of nitrogens with one attached hydrogen (secondary N) is 1. The van der Waals surface area contributed by atoms with E-state index in [2.05, 4.69) is 17.2 Å². The van der Waals surface area contributed by atoms with Gasteiger partial charge in [0, 0.05) is 35.6 Å². The molecule has 0 aliphatic carbocycles. The van der Waals surface area contributed by atoms with Crippen molar-refractivity contribution in [1.29, 1.82) is 0 Å². The van der Waals surface area contributed by atoms with Crippen LogP contribution in [0.25, 0.3) is 0 Å². The first-order valence-corrected chi connectivity index (χ1v) is 9.14. The fourth-order valence-corrected chi connectivity index (χ4v) is 3.13. The van der Waals surface area contributed by atoms with Gasteiger partial charge in [0.1, 0.15) is 5.69 Å². The van der Waals surface area contributed by atoms with Gasteiger partial charge in [-0.3, -0.25) is 14.6 Å². The summed E-state index contributed by atoms with van der Waals surface area (Å²) < 4.78 is 0. The topological polar surface area (TPSA) is 62.3 Å². The van der Waals surface area contributed by atoms with Gasteiger partial charge in [-0.05, 0) is 55.5 Å². The number of aromatic nitrogens is 1. The summed E-state index contributed by atoms with van der Waals surface area (Å²) in [6.45, 7) is 5.61. The maximum atomic E-state index is 12.7. The Hall–Kier alpha value is -2.40. The molecule has 0 spiro atoms. The quantitative estimate of drug-likeness (QED) is 0.880. The molecule has 2 heterocycles. The molecule has 5 nitrogen and oxygen atoms in total. The van der Waals surface area contributed by atoms with Crippen molar-refractivity contribution in [3.63, 3.8) is 0 Å². The van der Waals surface area contributed by atoms with Crippen molar-refractivity contribution >= 4 is 29.1 Å². The smallest absolute Gasteiger partial charge is 0.274 e. The summed E-state index contributed by atoms with van der Waals surface area (Å²) in [6, 6.07) is 8.51. The third-order valence-corrected chi connectivity index (χ3v) is 5.15. The highest BCUT2D eigenvalue weighted by atomic mass is 35.5. The molecule has 1 N–H and O–H groups in total. The maximum absolute atomic E-state index is 12.7. The normalized spacial score (nSPS) is 15.0. The number of carbonyl (C=O) groups excluding carboxylic acids is 2. The highest BCUT2D eigenvalue weighted by Gasteiger charge is 2.22. The van der Waals surface area contributed by atoms with Crippen LogP contribution in [0.1, 0.15) is 46.2 Å². The van der Waals surface area contributed by atoms with Crippen LogP contribution in [-0.4, -0.2) is 34.8 Å². The average molecular weight is 372 g/mol. The second-order valence-corrected chi connectivity index (χ2v) is 7.23. The van der Waals surface area contributed by atoms with E-state index in [-0.39, 0.29) is 17.5 Å². The number of anilines is 1. The van der Waals surface area contributed by atoms with Gasteiger partial charge in [-0.15, -0.1) is 0 Å². The van der Waals surface area contributed by atoms with Gasteiger partial charge in [0.15, 0.2) is 0 Å². The van der Waals surface area contributed by atoms with Crippen LogP contribution in [0.15, 0.2) is 36.5 Å². The van der Waals surface area contributed by atoms with Crippen molar-refractivity contribution < 1.29 is 9.59 Å². The van der Waals surface area contributed by atoms with Crippen molar-refractivity contribution in [1.82, 2.24) is 9.88 Å². The number of hydrogen-bond donors (Lipinski definition) is 1. The van der Waals surface area contributed by atoms with E-state index in [0.717, 1.165) is 31.5 Å². The van der Waals surface area contributed by atoms with E-state index >= 15 is 0 Å². The zero-order chi connectivity index (χ0) is 18.7. The molecule has 6 heteroatoms. The van der Waals surface area contributed by atoms with Crippen LogP contribution in [0, 0.1) is 12.8 Å². The predicted molar refractivity (Wildman–Crippen MR) is 103 cm³/mol. The summed E-state index contributed by atoms with van der Waals surface area (Å²) in [5.41, 5.74) is 2.22. The number of likely N-dealkylation sites (tertiary alicyclic amines) is 1. The van der Waals surface area contributed by atoms with Crippen molar-refractivity contribution in [2.45, 2.75) is 26.7 Å². The molecule has 2 amide bonds. The van der Waals surface area contributed by atoms with Crippen LogP contribution in [0.5, 0.6) is 0 Å². The van der Waals surface area contributed by atoms with E-state index in [1.165, 1.54) is 6.20 Å². The van der Waals surface area contributed by atoms with Crippen LogP contribution in [0.2, 0.25) is 5.02 Å². The summed E-state index contributed by atoms with van der Waals surface area (Å²) in [6.07, 6.45) is 3.52. The summed E-state index contributed by atoms with van der Waals surface area (Å²) in [5, 5.41) is 3.35. The minimum Gasteiger partial charge on any atom is -0.339 e.